The van der Waals surface area contributed by atoms with Crippen molar-refractivity contribution in [3.63, 3.8) is 0 Å². The smallest absolute Gasteiger partial charge is 0.335 e. The van der Waals surface area contributed by atoms with Crippen LogP contribution in [0.4, 0.5) is 8.78 Å². The number of carbonyl (C=O) groups is 1. The molecule has 1 aliphatic rings. The van der Waals surface area contributed by atoms with Crippen LogP contribution in [0.1, 0.15) is 23.2 Å². The molecule has 1 aromatic carbocycles. The van der Waals surface area contributed by atoms with Crippen molar-refractivity contribution in [2.24, 2.45) is 5.41 Å². The maximum atomic E-state index is 13.6. The lowest BCUT2D eigenvalue weighted by Crippen LogP contribution is -2.32. The quantitative estimate of drug-likeness (QED) is 0.716. The molecule has 2 rings (SSSR count). The van der Waals surface area contributed by atoms with Crippen molar-refractivity contribution in [3.05, 3.63) is 29.3 Å². The Bertz CT molecular complexity index is 685. The average Bonchev–Trinajstić information content (AvgIpc) is 3.20. The predicted octanol–water partition coefficient (Wildman–Crippen LogP) is 0.714. The van der Waals surface area contributed by atoms with Crippen LogP contribution in [0.15, 0.2) is 17.0 Å². The van der Waals surface area contributed by atoms with Gasteiger partial charge in [0.1, 0.15) is 4.90 Å². The van der Waals surface area contributed by atoms with Crippen molar-refractivity contribution in [2.45, 2.75) is 17.7 Å². The highest BCUT2D eigenvalue weighted by Gasteiger charge is 2.43. The normalized spacial score (nSPS) is 16.7. The molecule has 0 bridgehead atoms. The predicted molar refractivity (Wildman–Crippen MR) is 67.3 cm³/mol. The summed E-state index contributed by atoms with van der Waals surface area (Å²) in [6, 6.07) is 0.967. The maximum Gasteiger partial charge on any atom is 0.335 e. The Kier molecular flexibility index (Phi) is 4.00. The van der Waals surface area contributed by atoms with Crippen LogP contribution < -0.4 is 4.72 Å². The summed E-state index contributed by atoms with van der Waals surface area (Å²) >= 11 is 0. The van der Waals surface area contributed by atoms with Gasteiger partial charge in [0.15, 0.2) is 11.6 Å². The zero-order chi connectivity index (χ0) is 15.8. The van der Waals surface area contributed by atoms with Gasteiger partial charge in [-0.2, -0.15) is 0 Å². The van der Waals surface area contributed by atoms with Crippen LogP contribution in [0.25, 0.3) is 0 Å². The fraction of sp³-hybridized carbons (Fsp3) is 0.417. The second-order valence-corrected chi connectivity index (χ2v) is 6.79. The van der Waals surface area contributed by atoms with Crippen molar-refractivity contribution < 1.29 is 32.2 Å². The van der Waals surface area contributed by atoms with E-state index in [9.17, 15) is 22.0 Å². The molecular formula is C12H13F2NO5S. The number of hydrogen-bond donors (Lipinski definition) is 3. The summed E-state index contributed by atoms with van der Waals surface area (Å²) in [7, 11) is -4.41. The van der Waals surface area contributed by atoms with E-state index in [0.29, 0.717) is 25.0 Å². The van der Waals surface area contributed by atoms with Gasteiger partial charge in [0.05, 0.1) is 5.56 Å². The molecular weight excluding hydrogens is 308 g/mol. The Balaban J connectivity index is 2.33. The van der Waals surface area contributed by atoms with Crippen molar-refractivity contribution in [1.82, 2.24) is 4.72 Å². The van der Waals surface area contributed by atoms with Gasteiger partial charge in [-0.05, 0) is 25.0 Å². The molecule has 0 aliphatic heterocycles. The number of aliphatic hydroxyl groups is 1. The molecule has 0 saturated heterocycles. The molecule has 3 N–H and O–H groups in total. The molecule has 1 aliphatic carbocycles. The van der Waals surface area contributed by atoms with E-state index in [0.717, 1.165) is 0 Å². The molecule has 0 atom stereocenters. The Morgan fingerprint density at radius 2 is 1.95 bits per heavy atom. The lowest BCUT2D eigenvalue weighted by molar-refractivity contribution is 0.0696. The van der Waals surface area contributed by atoms with Gasteiger partial charge in [-0.25, -0.2) is 26.7 Å². The number of hydrogen-bond acceptors (Lipinski definition) is 4. The number of aliphatic hydroxyl groups excluding tert-OH is 1. The number of aromatic carboxylic acids is 1. The highest BCUT2D eigenvalue weighted by atomic mass is 32.2. The molecule has 1 saturated carbocycles. The summed E-state index contributed by atoms with van der Waals surface area (Å²) in [4.78, 5) is 9.72. The van der Waals surface area contributed by atoms with Crippen molar-refractivity contribution >= 4 is 16.0 Å². The van der Waals surface area contributed by atoms with Gasteiger partial charge >= 0.3 is 5.97 Å². The second kappa shape index (κ2) is 5.32. The summed E-state index contributed by atoms with van der Waals surface area (Å²) < 4.78 is 53.0. The summed E-state index contributed by atoms with van der Waals surface area (Å²) in [6.07, 6.45) is 1.25. The molecule has 0 radical (unpaired) electrons. The number of rotatable bonds is 6. The number of carboxylic acid groups (broad SMARTS) is 1. The van der Waals surface area contributed by atoms with Crippen LogP contribution in [-0.4, -0.2) is 37.8 Å². The maximum absolute atomic E-state index is 13.6. The number of sulfonamides is 1. The van der Waals surface area contributed by atoms with E-state index in [4.69, 9.17) is 10.2 Å². The van der Waals surface area contributed by atoms with Crippen LogP contribution >= 0.6 is 0 Å². The highest BCUT2D eigenvalue weighted by molar-refractivity contribution is 7.89. The minimum absolute atomic E-state index is 0.121. The first-order valence-corrected chi connectivity index (χ1v) is 7.52. The Morgan fingerprint density at radius 1 is 1.33 bits per heavy atom. The van der Waals surface area contributed by atoms with Crippen LogP contribution in [0.3, 0.4) is 0 Å². The molecule has 0 spiro atoms. The van der Waals surface area contributed by atoms with Crippen molar-refractivity contribution in [3.8, 4) is 0 Å². The molecule has 0 unspecified atom stereocenters. The fourth-order valence-corrected chi connectivity index (χ4v) is 3.04. The molecule has 1 aromatic rings. The number of halogens is 2. The summed E-state index contributed by atoms with van der Waals surface area (Å²) in [5.74, 6) is -4.76. The summed E-state index contributed by atoms with van der Waals surface area (Å²) in [5.41, 5.74) is -1.23. The zero-order valence-electron chi connectivity index (χ0n) is 10.8. The van der Waals surface area contributed by atoms with Gasteiger partial charge < -0.3 is 10.2 Å². The topological polar surface area (TPSA) is 104 Å². The highest BCUT2D eigenvalue weighted by Crippen LogP contribution is 2.44. The minimum Gasteiger partial charge on any atom is -0.478 e. The lowest BCUT2D eigenvalue weighted by atomic mass is 10.1. The van der Waals surface area contributed by atoms with Gasteiger partial charge in [-0.1, -0.05) is 0 Å². The Hall–Kier alpha value is -1.58. The van der Waals surface area contributed by atoms with E-state index in [1.165, 1.54) is 0 Å². The third kappa shape index (κ3) is 3.20. The standard InChI is InChI=1S/C12H13F2NO5S/c13-8-3-7(11(17)18)4-9(10(8)14)21(19,20)15-5-12(6-16)1-2-12/h3-4,15-16H,1-2,5-6H2,(H,17,18). The van der Waals surface area contributed by atoms with Crippen LogP contribution in [0.2, 0.25) is 0 Å². The second-order valence-electron chi connectivity index (χ2n) is 5.06. The molecule has 21 heavy (non-hydrogen) atoms. The first kappa shape index (κ1) is 15.8. The lowest BCUT2D eigenvalue weighted by Gasteiger charge is -2.14. The third-order valence-corrected chi connectivity index (χ3v) is 4.86. The number of nitrogens with one attached hydrogen (secondary N) is 1. The van der Waals surface area contributed by atoms with Gasteiger partial charge in [-0.3, -0.25) is 0 Å². The largest absolute Gasteiger partial charge is 0.478 e. The molecule has 116 valence electrons. The molecule has 0 heterocycles. The first-order valence-electron chi connectivity index (χ1n) is 6.04. The van der Waals surface area contributed by atoms with Crippen LogP contribution in [0, 0.1) is 17.0 Å². The fourth-order valence-electron chi connectivity index (χ4n) is 1.78. The van der Waals surface area contributed by atoms with Gasteiger partial charge in [-0.15, -0.1) is 0 Å². The van der Waals surface area contributed by atoms with E-state index < -0.39 is 43.5 Å². The first-order chi connectivity index (χ1) is 9.71. The van der Waals surface area contributed by atoms with Gasteiger partial charge in [0.25, 0.3) is 0 Å². The van der Waals surface area contributed by atoms with Crippen molar-refractivity contribution in [1.29, 1.82) is 0 Å². The van der Waals surface area contributed by atoms with Gasteiger partial charge in [0, 0.05) is 18.6 Å². The summed E-state index contributed by atoms with van der Waals surface area (Å²) in [5, 5.41) is 17.9. The van der Waals surface area contributed by atoms with Crippen molar-refractivity contribution in [2.75, 3.05) is 13.2 Å². The molecule has 9 heteroatoms. The van der Waals surface area contributed by atoms with Crippen LogP contribution in [0.5, 0.6) is 0 Å². The van der Waals surface area contributed by atoms with E-state index in [2.05, 4.69) is 4.72 Å². The van der Waals surface area contributed by atoms with E-state index in [1.807, 2.05) is 0 Å². The molecule has 1 fully saturated rings. The zero-order valence-corrected chi connectivity index (χ0v) is 11.6. The Labute approximate surface area is 119 Å². The summed E-state index contributed by atoms with van der Waals surface area (Å²) in [6.45, 7) is -0.342. The molecule has 0 amide bonds. The number of benzene rings is 1. The third-order valence-electron chi connectivity index (χ3n) is 3.46. The SMILES string of the molecule is O=C(O)c1cc(F)c(F)c(S(=O)(=O)NCC2(CO)CC2)c1. The van der Waals surface area contributed by atoms with E-state index >= 15 is 0 Å². The monoisotopic (exact) mass is 321 g/mol. The van der Waals surface area contributed by atoms with Crippen LogP contribution in [-0.2, 0) is 10.0 Å². The minimum atomic E-state index is -4.41. The molecule has 0 aromatic heterocycles. The average molecular weight is 321 g/mol. The molecule has 6 nitrogen and oxygen atoms in total. The van der Waals surface area contributed by atoms with Gasteiger partial charge in [0.2, 0.25) is 10.0 Å². The van der Waals surface area contributed by atoms with E-state index in [1.54, 1.807) is 0 Å². The number of carboxylic acids is 1. The van der Waals surface area contributed by atoms with E-state index in [-0.39, 0.29) is 13.2 Å². The Morgan fingerprint density at radius 3 is 2.43 bits per heavy atom.